The average Bonchev–Trinajstić information content (AvgIpc) is 3.11. The second kappa shape index (κ2) is 8.25. The van der Waals surface area contributed by atoms with E-state index >= 15 is 0 Å². The summed E-state index contributed by atoms with van der Waals surface area (Å²) in [6.07, 6.45) is 5.19. The lowest BCUT2D eigenvalue weighted by molar-refractivity contribution is -0.384. The SMILES string of the molecule is COc1ccc(CC[C@@H](C)N[C@H]2CCCc3c2[nH]c2ccc([N+](=O)[O-])cc32)cc1. The van der Waals surface area contributed by atoms with Crippen molar-refractivity contribution in [1.29, 1.82) is 0 Å². The fourth-order valence-corrected chi connectivity index (χ4v) is 4.33. The first-order valence-electron chi connectivity index (χ1n) is 10.2. The van der Waals surface area contributed by atoms with E-state index in [4.69, 9.17) is 4.74 Å². The zero-order valence-corrected chi connectivity index (χ0v) is 16.9. The van der Waals surface area contributed by atoms with Gasteiger partial charge in [-0.15, -0.1) is 0 Å². The number of nitrogens with zero attached hydrogens (tertiary/aromatic N) is 1. The number of methoxy groups -OCH3 is 1. The van der Waals surface area contributed by atoms with E-state index in [2.05, 4.69) is 29.4 Å². The minimum absolute atomic E-state index is 0.155. The highest BCUT2D eigenvalue weighted by Crippen LogP contribution is 2.36. The molecule has 29 heavy (non-hydrogen) atoms. The van der Waals surface area contributed by atoms with Gasteiger partial charge in [-0.3, -0.25) is 10.1 Å². The lowest BCUT2D eigenvalue weighted by Crippen LogP contribution is -2.33. The van der Waals surface area contributed by atoms with Crippen LogP contribution in [0, 0.1) is 10.1 Å². The maximum atomic E-state index is 11.1. The van der Waals surface area contributed by atoms with Crippen LogP contribution in [0.4, 0.5) is 5.69 Å². The van der Waals surface area contributed by atoms with Crippen LogP contribution in [0.15, 0.2) is 42.5 Å². The summed E-state index contributed by atoms with van der Waals surface area (Å²) in [6.45, 7) is 2.23. The number of aromatic amines is 1. The molecule has 6 nitrogen and oxygen atoms in total. The number of nitro groups is 1. The van der Waals surface area contributed by atoms with Gasteiger partial charge in [-0.05, 0) is 68.4 Å². The van der Waals surface area contributed by atoms with E-state index in [0.29, 0.717) is 6.04 Å². The molecule has 1 aliphatic rings. The Morgan fingerprint density at radius 2 is 2.07 bits per heavy atom. The molecule has 1 aliphatic carbocycles. The minimum atomic E-state index is -0.321. The molecule has 4 rings (SSSR count). The van der Waals surface area contributed by atoms with Crippen molar-refractivity contribution in [2.75, 3.05) is 7.11 Å². The standard InChI is InChI=1S/C23H27N3O3/c1-15(6-7-16-8-11-18(29-2)12-9-16)24-22-5-3-4-19-20-14-17(26(27)28)10-13-21(20)25-23(19)22/h8-15,22,24-25H,3-7H2,1-2H3/t15-,22+/m1/s1. The van der Waals surface area contributed by atoms with E-state index in [0.717, 1.165) is 48.8 Å². The molecule has 2 N–H and O–H groups in total. The summed E-state index contributed by atoms with van der Waals surface area (Å²) < 4.78 is 5.22. The zero-order chi connectivity index (χ0) is 20.4. The Balaban J connectivity index is 1.46. The Morgan fingerprint density at radius 1 is 1.28 bits per heavy atom. The van der Waals surface area contributed by atoms with Crippen molar-refractivity contribution in [1.82, 2.24) is 10.3 Å². The van der Waals surface area contributed by atoms with Crippen LogP contribution in [0.5, 0.6) is 5.75 Å². The van der Waals surface area contributed by atoms with Crippen LogP contribution in [0.2, 0.25) is 0 Å². The Bertz CT molecular complexity index is 1010. The number of ether oxygens (including phenoxy) is 1. The van der Waals surface area contributed by atoms with E-state index in [1.165, 1.54) is 16.8 Å². The molecule has 0 amide bonds. The lowest BCUT2D eigenvalue weighted by Gasteiger charge is -2.27. The molecule has 2 aromatic carbocycles. The molecule has 1 aromatic heterocycles. The highest BCUT2D eigenvalue weighted by molar-refractivity contribution is 5.87. The summed E-state index contributed by atoms with van der Waals surface area (Å²) >= 11 is 0. The first kappa shape index (κ1) is 19.5. The molecule has 1 heterocycles. The minimum Gasteiger partial charge on any atom is -0.497 e. The third kappa shape index (κ3) is 4.12. The number of aromatic nitrogens is 1. The van der Waals surface area contributed by atoms with Gasteiger partial charge < -0.3 is 15.0 Å². The smallest absolute Gasteiger partial charge is 0.270 e. The number of hydrogen-bond acceptors (Lipinski definition) is 4. The second-order valence-corrected chi connectivity index (χ2v) is 7.90. The maximum absolute atomic E-state index is 11.1. The molecule has 0 radical (unpaired) electrons. The Kier molecular flexibility index (Phi) is 5.53. The monoisotopic (exact) mass is 393 g/mol. The maximum Gasteiger partial charge on any atom is 0.270 e. The Hall–Kier alpha value is -2.86. The third-order valence-electron chi connectivity index (χ3n) is 5.91. The van der Waals surface area contributed by atoms with Crippen LogP contribution in [0.25, 0.3) is 10.9 Å². The Morgan fingerprint density at radius 3 is 2.79 bits per heavy atom. The summed E-state index contributed by atoms with van der Waals surface area (Å²) in [5.74, 6) is 0.883. The number of benzene rings is 2. The molecule has 2 atom stereocenters. The fourth-order valence-electron chi connectivity index (χ4n) is 4.33. The fraction of sp³-hybridized carbons (Fsp3) is 0.391. The van der Waals surface area contributed by atoms with Crippen LogP contribution in [0.3, 0.4) is 0 Å². The number of non-ortho nitro benzene ring substituents is 1. The predicted molar refractivity (Wildman–Crippen MR) is 115 cm³/mol. The summed E-state index contributed by atoms with van der Waals surface area (Å²) in [6, 6.07) is 14.0. The highest BCUT2D eigenvalue weighted by atomic mass is 16.6. The van der Waals surface area contributed by atoms with E-state index in [-0.39, 0.29) is 16.7 Å². The van der Waals surface area contributed by atoms with Crippen molar-refractivity contribution in [2.45, 2.75) is 51.1 Å². The van der Waals surface area contributed by atoms with E-state index in [1.54, 1.807) is 19.2 Å². The van der Waals surface area contributed by atoms with Crippen LogP contribution in [0.1, 0.15) is 49.0 Å². The van der Waals surface area contributed by atoms with Gasteiger partial charge in [-0.25, -0.2) is 0 Å². The van der Waals surface area contributed by atoms with Crippen molar-refractivity contribution in [3.05, 3.63) is 69.4 Å². The van der Waals surface area contributed by atoms with Crippen molar-refractivity contribution in [3.8, 4) is 5.75 Å². The molecule has 0 bridgehead atoms. The topological polar surface area (TPSA) is 80.2 Å². The van der Waals surface area contributed by atoms with E-state index < -0.39 is 0 Å². The van der Waals surface area contributed by atoms with Crippen molar-refractivity contribution >= 4 is 16.6 Å². The summed E-state index contributed by atoms with van der Waals surface area (Å²) in [5, 5.41) is 15.9. The van der Waals surface area contributed by atoms with E-state index in [1.807, 2.05) is 18.2 Å². The van der Waals surface area contributed by atoms with Gasteiger partial charge in [-0.1, -0.05) is 12.1 Å². The third-order valence-corrected chi connectivity index (χ3v) is 5.91. The normalized spacial score (nSPS) is 17.1. The predicted octanol–water partition coefficient (Wildman–Crippen LogP) is 5.07. The van der Waals surface area contributed by atoms with Crippen molar-refractivity contribution in [2.24, 2.45) is 0 Å². The number of aryl methyl sites for hydroxylation is 2. The highest BCUT2D eigenvalue weighted by Gasteiger charge is 2.26. The number of fused-ring (bicyclic) bond motifs is 3. The van der Waals surface area contributed by atoms with Gasteiger partial charge in [0.05, 0.1) is 12.0 Å². The number of rotatable bonds is 7. The molecule has 152 valence electrons. The quantitative estimate of drug-likeness (QED) is 0.434. The Labute approximate surface area is 170 Å². The first-order valence-corrected chi connectivity index (χ1v) is 10.2. The second-order valence-electron chi connectivity index (χ2n) is 7.90. The average molecular weight is 393 g/mol. The van der Waals surface area contributed by atoms with Gasteiger partial charge in [0.1, 0.15) is 5.75 Å². The molecule has 0 aliphatic heterocycles. The molecular formula is C23H27N3O3. The van der Waals surface area contributed by atoms with E-state index in [9.17, 15) is 10.1 Å². The summed E-state index contributed by atoms with van der Waals surface area (Å²) in [7, 11) is 1.68. The van der Waals surface area contributed by atoms with Crippen LogP contribution in [-0.4, -0.2) is 23.1 Å². The number of nitro benzene ring substituents is 1. The van der Waals surface area contributed by atoms with Crippen LogP contribution >= 0.6 is 0 Å². The van der Waals surface area contributed by atoms with Gasteiger partial charge in [0.25, 0.3) is 5.69 Å². The lowest BCUT2D eigenvalue weighted by atomic mass is 9.91. The molecule has 0 spiro atoms. The van der Waals surface area contributed by atoms with Crippen LogP contribution < -0.4 is 10.1 Å². The zero-order valence-electron chi connectivity index (χ0n) is 16.9. The number of hydrogen-bond donors (Lipinski definition) is 2. The van der Waals surface area contributed by atoms with Gasteiger partial charge in [0, 0.05) is 40.8 Å². The molecule has 0 saturated carbocycles. The van der Waals surface area contributed by atoms with Gasteiger partial charge in [0.15, 0.2) is 0 Å². The summed E-state index contributed by atoms with van der Waals surface area (Å²) in [5.41, 5.74) is 4.88. The molecule has 3 aromatic rings. The van der Waals surface area contributed by atoms with Gasteiger partial charge >= 0.3 is 0 Å². The molecule has 6 heteroatoms. The van der Waals surface area contributed by atoms with Crippen molar-refractivity contribution in [3.63, 3.8) is 0 Å². The molecule has 0 saturated heterocycles. The summed E-state index contributed by atoms with van der Waals surface area (Å²) in [4.78, 5) is 14.3. The molecule has 0 fully saturated rings. The number of H-pyrrole nitrogens is 1. The van der Waals surface area contributed by atoms with Crippen LogP contribution in [-0.2, 0) is 12.8 Å². The van der Waals surface area contributed by atoms with Crippen molar-refractivity contribution < 1.29 is 9.66 Å². The number of nitrogens with one attached hydrogen (secondary N) is 2. The molecule has 0 unspecified atom stereocenters. The largest absolute Gasteiger partial charge is 0.497 e. The molecular weight excluding hydrogens is 366 g/mol. The van der Waals surface area contributed by atoms with Gasteiger partial charge in [-0.2, -0.15) is 0 Å². The first-order chi connectivity index (χ1) is 14.0. The van der Waals surface area contributed by atoms with Gasteiger partial charge in [0.2, 0.25) is 0 Å².